The molecule has 0 aromatic carbocycles. The molecule has 23 heavy (non-hydrogen) atoms. The van der Waals surface area contributed by atoms with E-state index in [1.807, 2.05) is 20.8 Å². The van der Waals surface area contributed by atoms with Crippen LogP contribution in [0.5, 0.6) is 0 Å². The average Bonchev–Trinajstić information content (AvgIpc) is 2.78. The minimum Gasteiger partial charge on any atom is -0.368 e. The van der Waals surface area contributed by atoms with Gasteiger partial charge in [0.05, 0.1) is 11.5 Å². The van der Waals surface area contributed by atoms with E-state index < -0.39 is 9.84 Å². The summed E-state index contributed by atoms with van der Waals surface area (Å²) in [6.45, 7) is 8.01. The van der Waals surface area contributed by atoms with Crippen LogP contribution < -0.4 is 5.32 Å². The Labute approximate surface area is 137 Å². The molecule has 1 aromatic rings. The molecule has 1 amide bonds. The molecular weight excluding hydrogens is 316 g/mol. The summed E-state index contributed by atoms with van der Waals surface area (Å²) >= 11 is 0. The molecule has 0 saturated carbocycles. The lowest BCUT2D eigenvalue weighted by Crippen LogP contribution is -2.41. The third-order valence-electron chi connectivity index (χ3n) is 3.74. The van der Waals surface area contributed by atoms with E-state index in [0.717, 1.165) is 0 Å². The molecule has 0 radical (unpaired) electrons. The highest BCUT2D eigenvalue weighted by molar-refractivity contribution is 7.91. The van der Waals surface area contributed by atoms with Gasteiger partial charge in [-0.15, -0.1) is 0 Å². The largest absolute Gasteiger partial charge is 0.368 e. The van der Waals surface area contributed by atoms with E-state index in [1.165, 1.54) is 0 Å². The van der Waals surface area contributed by atoms with Crippen LogP contribution in [0.1, 0.15) is 43.5 Å². The second-order valence-electron chi connectivity index (χ2n) is 6.13. The summed E-state index contributed by atoms with van der Waals surface area (Å²) in [4.78, 5) is 22.9. The number of aryl methyl sites for hydroxylation is 1. The number of carbonyl (C=O) groups excluding carboxylic acids is 1. The van der Waals surface area contributed by atoms with Crippen molar-refractivity contribution in [3.63, 3.8) is 0 Å². The van der Waals surface area contributed by atoms with Gasteiger partial charge in [-0.1, -0.05) is 0 Å². The number of aromatic nitrogens is 2. The fourth-order valence-corrected chi connectivity index (χ4v) is 4.51. The van der Waals surface area contributed by atoms with Crippen LogP contribution in [-0.2, 0) is 9.84 Å². The first kappa shape index (κ1) is 17.7. The molecule has 128 valence electrons. The minimum atomic E-state index is -3.04. The van der Waals surface area contributed by atoms with Crippen molar-refractivity contribution in [1.29, 1.82) is 0 Å². The molecule has 1 atom stereocenters. The van der Waals surface area contributed by atoms with Crippen molar-refractivity contribution in [2.45, 2.75) is 46.2 Å². The van der Waals surface area contributed by atoms with Crippen molar-refractivity contribution in [2.24, 2.45) is 0 Å². The van der Waals surface area contributed by atoms with E-state index in [4.69, 9.17) is 0 Å². The van der Waals surface area contributed by atoms with E-state index in [1.54, 1.807) is 17.9 Å². The van der Waals surface area contributed by atoms with Gasteiger partial charge in [0.25, 0.3) is 5.91 Å². The Balaban J connectivity index is 2.25. The van der Waals surface area contributed by atoms with Crippen LogP contribution in [0.4, 0.5) is 5.82 Å². The Morgan fingerprint density at radius 2 is 2.13 bits per heavy atom. The first-order chi connectivity index (χ1) is 10.7. The number of rotatable bonds is 5. The lowest BCUT2D eigenvalue weighted by atomic mass is 10.2. The van der Waals surface area contributed by atoms with E-state index in [2.05, 4.69) is 15.3 Å². The zero-order valence-corrected chi connectivity index (χ0v) is 14.9. The molecule has 1 aliphatic rings. The SMILES string of the molecule is CCN(C(=O)c1cc(NC(C)C)nc(C)n1)C1CCS(=O)(=O)C1. The molecule has 8 heteroatoms. The summed E-state index contributed by atoms with van der Waals surface area (Å²) in [7, 11) is -3.04. The van der Waals surface area contributed by atoms with E-state index in [9.17, 15) is 13.2 Å². The molecule has 2 heterocycles. The molecule has 1 N–H and O–H groups in total. The highest BCUT2D eigenvalue weighted by Crippen LogP contribution is 2.20. The van der Waals surface area contributed by atoms with Crippen molar-refractivity contribution in [3.8, 4) is 0 Å². The Bertz CT molecular complexity index is 688. The maximum Gasteiger partial charge on any atom is 0.272 e. The van der Waals surface area contributed by atoms with E-state index in [-0.39, 0.29) is 29.5 Å². The van der Waals surface area contributed by atoms with Gasteiger partial charge in [0.2, 0.25) is 0 Å². The molecule has 2 rings (SSSR count). The highest BCUT2D eigenvalue weighted by Gasteiger charge is 2.34. The topological polar surface area (TPSA) is 92.3 Å². The number of hydrogen-bond donors (Lipinski definition) is 1. The number of amides is 1. The predicted molar refractivity (Wildman–Crippen MR) is 89.3 cm³/mol. The second-order valence-corrected chi connectivity index (χ2v) is 8.36. The first-order valence-electron chi connectivity index (χ1n) is 7.85. The summed E-state index contributed by atoms with van der Waals surface area (Å²) in [5.41, 5.74) is 0.298. The summed E-state index contributed by atoms with van der Waals surface area (Å²) in [5, 5.41) is 3.16. The van der Waals surface area contributed by atoms with Crippen LogP contribution >= 0.6 is 0 Å². The maximum atomic E-state index is 12.8. The zero-order valence-electron chi connectivity index (χ0n) is 14.0. The fourth-order valence-electron chi connectivity index (χ4n) is 2.78. The molecule has 0 bridgehead atoms. The smallest absolute Gasteiger partial charge is 0.272 e. The Morgan fingerprint density at radius 1 is 1.43 bits per heavy atom. The molecule has 0 spiro atoms. The summed E-state index contributed by atoms with van der Waals surface area (Å²) < 4.78 is 23.4. The normalized spacial score (nSPS) is 19.8. The standard InChI is InChI=1S/C15H24N4O3S/c1-5-19(12-6-7-23(21,22)9-12)15(20)13-8-14(16-10(2)3)18-11(4)17-13/h8,10,12H,5-7,9H2,1-4H3,(H,16,17,18). The van der Waals surface area contributed by atoms with Gasteiger partial charge in [-0.3, -0.25) is 4.79 Å². The van der Waals surface area contributed by atoms with Crippen LogP contribution in [0.2, 0.25) is 0 Å². The van der Waals surface area contributed by atoms with Gasteiger partial charge in [-0.2, -0.15) is 0 Å². The number of nitrogens with zero attached hydrogens (tertiary/aromatic N) is 3. The van der Waals surface area contributed by atoms with Crippen molar-refractivity contribution < 1.29 is 13.2 Å². The van der Waals surface area contributed by atoms with Crippen LogP contribution in [0.3, 0.4) is 0 Å². The van der Waals surface area contributed by atoms with Gasteiger partial charge in [0.15, 0.2) is 9.84 Å². The number of nitrogens with one attached hydrogen (secondary N) is 1. The van der Waals surface area contributed by atoms with Gasteiger partial charge in [-0.05, 0) is 34.1 Å². The fraction of sp³-hybridized carbons (Fsp3) is 0.667. The van der Waals surface area contributed by atoms with Crippen LogP contribution in [-0.4, -0.2) is 59.3 Å². The van der Waals surface area contributed by atoms with Gasteiger partial charge in [-0.25, -0.2) is 18.4 Å². The maximum absolute atomic E-state index is 12.8. The molecule has 0 aliphatic carbocycles. The molecule has 7 nitrogen and oxygen atoms in total. The van der Waals surface area contributed by atoms with E-state index >= 15 is 0 Å². The molecule has 1 unspecified atom stereocenters. The number of sulfone groups is 1. The number of anilines is 1. The van der Waals surface area contributed by atoms with Crippen molar-refractivity contribution >= 4 is 21.6 Å². The molecule has 1 fully saturated rings. The molecule has 1 aromatic heterocycles. The van der Waals surface area contributed by atoms with Crippen LogP contribution in [0, 0.1) is 6.92 Å². The number of carbonyl (C=O) groups is 1. The van der Waals surface area contributed by atoms with E-state index in [0.29, 0.717) is 30.3 Å². The zero-order chi connectivity index (χ0) is 17.2. The first-order valence-corrected chi connectivity index (χ1v) is 9.67. The van der Waals surface area contributed by atoms with Crippen molar-refractivity contribution in [2.75, 3.05) is 23.4 Å². The quantitative estimate of drug-likeness (QED) is 0.867. The summed E-state index contributed by atoms with van der Waals surface area (Å²) in [6.07, 6.45) is 0.489. The minimum absolute atomic E-state index is 0.0355. The predicted octanol–water partition coefficient (Wildman–Crippen LogP) is 1.25. The highest BCUT2D eigenvalue weighted by atomic mass is 32.2. The summed E-state index contributed by atoms with van der Waals surface area (Å²) in [6, 6.07) is 1.55. The molecular formula is C15H24N4O3S. The second kappa shape index (κ2) is 6.82. The van der Waals surface area contributed by atoms with Crippen molar-refractivity contribution in [1.82, 2.24) is 14.9 Å². The lowest BCUT2D eigenvalue weighted by Gasteiger charge is -2.26. The summed E-state index contributed by atoms with van der Waals surface area (Å²) in [5.74, 6) is 1.05. The molecule has 1 aliphatic heterocycles. The van der Waals surface area contributed by atoms with Gasteiger partial charge < -0.3 is 10.2 Å². The monoisotopic (exact) mass is 340 g/mol. The van der Waals surface area contributed by atoms with Gasteiger partial charge >= 0.3 is 0 Å². The van der Waals surface area contributed by atoms with Crippen LogP contribution in [0.15, 0.2) is 6.07 Å². The van der Waals surface area contributed by atoms with Crippen LogP contribution in [0.25, 0.3) is 0 Å². The number of hydrogen-bond acceptors (Lipinski definition) is 6. The molecule has 1 saturated heterocycles. The Kier molecular flexibility index (Phi) is 5.23. The third-order valence-corrected chi connectivity index (χ3v) is 5.49. The Hall–Kier alpha value is -1.70. The Morgan fingerprint density at radius 3 is 2.65 bits per heavy atom. The van der Waals surface area contributed by atoms with Crippen molar-refractivity contribution in [3.05, 3.63) is 17.6 Å². The lowest BCUT2D eigenvalue weighted by molar-refractivity contribution is 0.0702. The third kappa shape index (κ3) is 4.40. The van der Waals surface area contributed by atoms with Gasteiger partial charge in [0.1, 0.15) is 17.3 Å². The van der Waals surface area contributed by atoms with Gasteiger partial charge in [0, 0.05) is 24.7 Å². The average molecular weight is 340 g/mol.